The SMILES string of the molecule is O=C(CCn1c(=O)sc2cc(S(=O)(=O)NC3CCCCCC3)ccc21)N1CCCCC1. The van der Waals surface area contributed by atoms with Crippen molar-refractivity contribution in [3.8, 4) is 0 Å². The summed E-state index contributed by atoms with van der Waals surface area (Å²) >= 11 is 1.04. The number of rotatable bonds is 6. The van der Waals surface area contributed by atoms with E-state index in [1.54, 1.807) is 22.8 Å². The van der Waals surface area contributed by atoms with Crippen molar-refractivity contribution in [2.45, 2.75) is 81.7 Å². The minimum atomic E-state index is -3.63. The second-order valence-corrected chi connectivity index (χ2v) is 11.4. The van der Waals surface area contributed by atoms with Gasteiger partial charge in [-0.05, 0) is 50.3 Å². The van der Waals surface area contributed by atoms with Crippen molar-refractivity contribution in [2.24, 2.45) is 0 Å². The molecule has 1 amide bonds. The molecule has 2 heterocycles. The molecule has 0 spiro atoms. The van der Waals surface area contributed by atoms with Crippen LogP contribution in [0, 0.1) is 0 Å². The lowest BCUT2D eigenvalue weighted by molar-refractivity contribution is -0.132. The fourth-order valence-corrected chi connectivity index (χ4v) is 6.98. The third-order valence-electron chi connectivity index (χ3n) is 6.39. The van der Waals surface area contributed by atoms with Gasteiger partial charge in [0.2, 0.25) is 15.9 Å². The van der Waals surface area contributed by atoms with E-state index in [4.69, 9.17) is 0 Å². The fourth-order valence-electron chi connectivity index (χ4n) is 4.62. The maximum Gasteiger partial charge on any atom is 0.308 e. The number of sulfonamides is 1. The number of carbonyl (C=O) groups excluding carboxylic acids is 1. The van der Waals surface area contributed by atoms with Crippen LogP contribution in [0.4, 0.5) is 0 Å². The van der Waals surface area contributed by atoms with Gasteiger partial charge >= 0.3 is 4.87 Å². The topological polar surface area (TPSA) is 88.5 Å². The predicted molar refractivity (Wildman–Crippen MR) is 123 cm³/mol. The van der Waals surface area contributed by atoms with Crippen LogP contribution in [-0.2, 0) is 21.4 Å². The number of amides is 1. The van der Waals surface area contributed by atoms with Crippen molar-refractivity contribution in [3.05, 3.63) is 27.9 Å². The Labute approximate surface area is 187 Å². The first-order valence-corrected chi connectivity index (χ1v) is 13.7. The molecule has 0 bridgehead atoms. The van der Waals surface area contributed by atoms with E-state index in [-0.39, 0.29) is 28.1 Å². The quantitative estimate of drug-likeness (QED) is 0.662. The van der Waals surface area contributed by atoms with E-state index in [1.807, 2.05) is 4.90 Å². The standard InChI is InChI=1S/C22H31N3O4S2/c26-21(24-13-6-3-7-14-24)12-15-25-19-11-10-18(16-20(19)30-22(25)27)31(28,29)23-17-8-4-1-2-5-9-17/h10-11,16-17,23H,1-9,12-15H2. The van der Waals surface area contributed by atoms with Gasteiger partial charge in [-0.3, -0.25) is 14.2 Å². The van der Waals surface area contributed by atoms with Gasteiger partial charge in [0.1, 0.15) is 0 Å². The molecule has 1 N–H and O–H groups in total. The molecule has 31 heavy (non-hydrogen) atoms. The molecule has 0 radical (unpaired) electrons. The summed E-state index contributed by atoms with van der Waals surface area (Å²) in [6, 6.07) is 4.83. The van der Waals surface area contributed by atoms with Crippen molar-refractivity contribution in [2.75, 3.05) is 13.1 Å². The molecule has 0 unspecified atom stereocenters. The number of benzene rings is 1. The molecule has 2 aromatic rings. The molecule has 1 aliphatic carbocycles. The van der Waals surface area contributed by atoms with Crippen LogP contribution in [0.25, 0.3) is 10.2 Å². The number of thiazole rings is 1. The number of aromatic nitrogens is 1. The zero-order valence-corrected chi connectivity index (χ0v) is 19.5. The first-order chi connectivity index (χ1) is 14.9. The van der Waals surface area contributed by atoms with Crippen LogP contribution < -0.4 is 9.60 Å². The van der Waals surface area contributed by atoms with E-state index >= 15 is 0 Å². The van der Waals surface area contributed by atoms with Crippen molar-refractivity contribution < 1.29 is 13.2 Å². The van der Waals surface area contributed by atoms with E-state index in [1.165, 1.54) is 6.42 Å². The molecular formula is C22H31N3O4S2. The number of fused-ring (bicyclic) bond motifs is 1. The van der Waals surface area contributed by atoms with Gasteiger partial charge in [-0.2, -0.15) is 0 Å². The lowest BCUT2D eigenvalue weighted by atomic mass is 10.1. The molecule has 170 valence electrons. The van der Waals surface area contributed by atoms with E-state index in [0.29, 0.717) is 16.8 Å². The molecule has 2 aliphatic rings. The fraction of sp³-hybridized carbons (Fsp3) is 0.636. The largest absolute Gasteiger partial charge is 0.343 e. The molecule has 7 nitrogen and oxygen atoms in total. The molecule has 1 saturated heterocycles. The lowest BCUT2D eigenvalue weighted by Crippen LogP contribution is -2.36. The van der Waals surface area contributed by atoms with E-state index in [2.05, 4.69) is 4.72 Å². The Bertz CT molecular complexity index is 1080. The maximum absolute atomic E-state index is 12.9. The van der Waals surface area contributed by atoms with Gasteiger partial charge in [0.15, 0.2) is 0 Å². The molecule has 4 rings (SSSR count). The highest BCUT2D eigenvalue weighted by molar-refractivity contribution is 7.89. The first kappa shape index (κ1) is 22.5. The van der Waals surface area contributed by atoms with E-state index < -0.39 is 10.0 Å². The lowest BCUT2D eigenvalue weighted by Gasteiger charge is -2.26. The number of hydrogen-bond donors (Lipinski definition) is 1. The van der Waals surface area contributed by atoms with Crippen molar-refractivity contribution in [1.82, 2.24) is 14.2 Å². The summed E-state index contributed by atoms with van der Waals surface area (Å²) in [6.45, 7) is 1.92. The van der Waals surface area contributed by atoms with Gasteiger partial charge in [0.25, 0.3) is 0 Å². The number of aryl methyl sites for hydroxylation is 1. The highest BCUT2D eigenvalue weighted by Crippen LogP contribution is 2.24. The van der Waals surface area contributed by atoms with Gasteiger partial charge in [0.05, 0.1) is 15.1 Å². The third kappa shape index (κ3) is 5.38. The first-order valence-electron chi connectivity index (χ1n) is 11.4. The third-order valence-corrected chi connectivity index (χ3v) is 8.85. The number of likely N-dealkylation sites (tertiary alicyclic amines) is 1. The van der Waals surface area contributed by atoms with Crippen LogP contribution in [0.5, 0.6) is 0 Å². The Morgan fingerprint density at radius 1 is 1.03 bits per heavy atom. The zero-order chi connectivity index (χ0) is 21.8. The monoisotopic (exact) mass is 465 g/mol. The van der Waals surface area contributed by atoms with Crippen LogP contribution in [-0.4, -0.2) is 42.9 Å². The minimum absolute atomic E-state index is 0.0210. The minimum Gasteiger partial charge on any atom is -0.343 e. The Morgan fingerprint density at radius 3 is 2.42 bits per heavy atom. The van der Waals surface area contributed by atoms with Gasteiger partial charge in [0, 0.05) is 32.1 Å². The molecule has 0 atom stereocenters. The van der Waals surface area contributed by atoms with Gasteiger partial charge in [-0.1, -0.05) is 37.0 Å². The van der Waals surface area contributed by atoms with E-state index in [0.717, 1.165) is 75.8 Å². The van der Waals surface area contributed by atoms with Crippen LogP contribution in [0.3, 0.4) is 0 Å². The normalized spacial score (nSPS) is 18.9. The molecule has 1 aromatic heterocycles. The van der Waals surface area contributed by atoms with Crippen molar-refractivity contribution >= 4 is 37.5 Å². The Balaban J connectivity index is 1.48. The predicted octanol–water partition coefficient (Wildman–Crippen LogP) is 3.47. The Morgan fingerprint density at radius 2 is 1.71 bits per heavy atom. The summed E-state index contributed by atoms with van der Waals surface area (Å²) < 4.78 is 30.9. The second kappa shape index (κ2) is 9.83. The van der Waals surface area contributed by atoms with Crippen LogP contribution in [0.1, 0.15) is 64.2 Å². The summed E-state index contributed by atoms with van der Waals surface area (Å²) in [5.74, 6) is 0.0812. The second-order valence-electron chi connectivity index (χ2n) is 8.65. The van der Waals surface area contributed by atoms with E-state index in [9.17, 15) is 18.0 Å². The molecule has 2 fully saturated rings. The molecular weight excluding hydrogens is 434 g/mol. The molecule has 1 aliphatic heterocycles. The maximum atomic E-state index is 12.9. The highest BCUT2D eigenvalue weighted by Gasteiger charge is 2.23. The number of carbonyl (C=O) groups is 1. The van der Waals surface area contributed by atoms with Gasteiger partial charge in [-0.25, -0.2) is 13.1 Å². The Kier molecular flexibility index (Phi) is 7.13. The van der Waals surface area contributed by atoms with Crippen molar-refractivity contribution in [1.29, 1.82) is 0 Å². The molecule has 1 aromatic carbocycles. The summed E-state index contributed by atoms with van der Waals surface area (Å²) in [7, 11) is -3.63. The van der Waals surface area contributed by atoms with Crippen LogP contribution in [0.2, 0.25) is 0 Å². The smallest absolute Gasteiger partial charge is 0.308 e. The summed E-state index contributed by atoms with van der Waals surface area (Å²) in [6.07, 6.45) is 9.69. The highest BCUT2D eigenvalue weighted by atomic mass is 32.2. The van der Waals surface area contributed by atoms with Crippen LogP contribution >= 0.6 is 11.3 Å². The van der Waals surface area contributed by atoms with Crippen LogP contribution in [0.15, 0.2) is 27.9 Å². The van der Waals surface area contributed by atoms with Crippen molar-refractivity contribution in [3.63, 3.8) is 0 Å². The number of nitrogens with zero attached hydrogens (tertiary/aromatic N) is 2. The summed E-state index contributed by atoms with van der Waals surface area (Å²) in [5, 5.41) is 0. The average molecular weight is 466 g/mol. The summed E-state index contributed by atoms with van der Waals surface area (Å²) in [4.78, 5) is 26.9. The van der Waals surface area contributed by atoms with Gasteiger partial charge in [-0.15, -0.1) is 0 Å². The zero-order valence-electron chi connectivity index (χ0n) is 17.8. The molecule has 9 heteroatoms. The number of nitrogens with one attached hydrogen (secondary N) is 1. The average Bonchev–Trinajstić information content (AvgIpc) is 2.90. The van der Waals surface area contributed by atoms with Gasteiger partial charge < -0.3 is 4.90 Å². The number of piperidine rings is 1. The summed E-state index contributed by atoms with van der Waals surface area (Å²) in [5.41, 5.74) is 0.690. The Hall–Kier alpha value is -1.71. The molecule has 1 saturated carbocycles. The number of hydrogen-bond acceptors (Lipinski definition) is 5.